The van der Waals surface area contributed by atoms with Crippen LogP contribution in [0.3, 0.4) is 0 Å². The third kappa shape index (κ3) is 1.51. The number of nitrogens with two attached hydrogens (primary N) is 1. The lowest BCUT2D eigenvalue weighted by Gasteiger charge is -1.99. The molecule has 3 heteroatoms. The first kappa shape index (κ1) is 11.0. The lowest BCUT2D eigenvalue weighted by atomic mass is 10.1. The van der Waals surface area contributed by atoms with Gasteiger partial charge in [-0.05, 0) is 56.2 Å². The van der Waals surface area contributed by atoms with Crippen molar-refractivity contribution in [2.24, 2.45) is 0 Å². The van der Waals surface area contributed by atoms with Gasteiger partial charge in [0.1, 0.15) is 0 Å². The van der Waals surface area contributed by atoms with Gasteiger partial charge < -0.3 is 15.7 Å². The number of anilines is 1. The van der Waals surface area contributed by atoms with Crippen LogP contribution in [0, 0.1) is 20.8 Å². The highest BCUT2D eigenvalue weighted by Gasteiger charge is 2.09. The predicted octanol–water partition coefficient (Wildman–Crippen LogP) is 3.67. The molecule has 0 aliphatic rings. The molecule has 18 heavy (non-hydrogen) atoms. The van der Waals surface area contributed by atoms with Crippen LogP contribution in [0.5, 0.6) is 0 Å². The van der Waals surface area contributed by atoms with Gasteiger partial charge >= 0.3 is 0 Å². The van der Waals surface area contributed by atoms with Crippen LogP contribution in [-0.4, -0.2) is 9.97 Å². The first-order valence-electron chi connectivity index (χ1n) is 6.10. The fourth-order valence-corrected chi connectivity index (χ4v) is 2.32. The van der Waals surface area contributed by atoms with E-state index in [9.17, 15) is 0 Å². The Balaban J connectivity index is 2.22. The smallest absolute Gasteiger partial charge is 0.0630 e. The van der Waals surface area contributed by atoms with Crippen molar-refractivity contribution >= 4 is 16.6 Å². The summed E-state index contributed by atoms with van der Waals surface area (Å²) in [4.78, 5) is 6.83. The minimum absolute atomic E-state index is 0.840. The molecule has 0 atom stereocenters. The second-order valence-electron chi connectivity index (χ2n) is 4.92. The number of hydrogen-bond acceptors (Lipinski definition) is 1. The summed E-state index contributed by atoms with van der Waals surface area (Å²) < 4.78 is 0. The molecule has 92 valence electrons. The molecular formula is C15H17N3. The van der Waals surface area contributed by atoms with Crippen molar-refractivity contribution in [3.05, 3.63) is 41.1 Å². The van der Waals surface area contributed by atoms with Crippen molar-refractivity contribution in [1.82, 2.24) is 9.97 Å². The van der Waals surface area contributed by atoms with Crippen LogP contribution >= 0.6 is 0 Å². The molecule has 0 radical (unpaired) electrons. The number of nitrogen functional groups attached to an aromatic ring is 1. The first-order chi connectivity index (χ1) is 8.56. The second kappa shape index (κ2) is 3.67. The summed E-state index contributed by atoms with van der Waals surface area (Å²) >= 11 is 0. The summed E-state index contributed by atoms with van der Waals surface area (Å²) in [5.41, 5.74) is 13.8. The number of aromatic amines is 2. The molecule has 0 amide bonds. The number of aryl methyl sites for hydroxylation is 3. The average molecular weight is 239 g/mol. The Labute approximate surface area is 106 Å². The fraction of sp³-hybridized carbons (Fsp3) is 0.200. The zero-order valence-electron chi connectivity index (χ0n) is 10.9. The predicted molar refractivity (Wildman–Crippen MR) is 76.7 cm³/mol. The van der Waals surface area contributed by atoms with Gasteiger partial charge in [0.15, 0.2) is 0 Å². The molecular weight excluding hydrogens is 222 g/mol. The standard InChI is InChI=1S/C15H17N3/c1-8-6-14(17-10(8)3)15-7-11-9(2)12(16)4-5-13(11)18-15/h4-7,17-18H,16H2,1-3H3. The van der Waals surface area contributed by atoms with Gasteiger partial charge in [0.25, 0.3) is 0 Å². The van der Waals surface area contributed by atoms with Gasteiger partial charge in [-0.25, -0.2) is 0 Å². The number of nitrogens with one attached hydrogen (secondary N) is 2. The Hall–Kier alpha value is -2.16. The van der Waals surface area contributed by atoms with Crippen molar-refractivity contribution in [1.29, 1.82) is 0 Å². The first-order valence-corrected chi connectivity index (χ1v) is 6.10. The van der Waals surface area contributed by atoms with E-state index in [0.717, 1.165) is 28.2 Å². The van der Waals surface area contributed by atoms with E-state index in [0.29, 0.717) is 0 Å². The monoisotopic (exact) mass is 239 g/mol. The summed E-state index contributed by atoms with van der Waals surface area (Å²) in [7, 11) is 0. The van der Waals surface area contributed by atoms with Crippen LogP contribution in [0.2, 0.25) is 0 Å². The summed E-state index contributed by atoms with van der Waals surface area (Å²) in [5, 5.41) is 1.19. The Morgan fingerprint density at radius 2 is 1.67 bits per heavy atom. The van der Waals surface area contributed by atoms with Crippen molar-refractivity contribution in [2.45, 2.75) is 20.8 Å². The molecule has 4 N–H and O–H groups in total. The van der Waals surface area contributed by atoms with Crippen LogP contribution in [0.4, 0.5) is 5.69 Å². The molecule has 0 spiro atoms. The minimum Gasteiger partial charge on any atom is -0.398 e. The fourth-order valence-electron chi connectivity index (χ4n) is 2.32. The highest BCUT2D eigenvalue weighted by molar-refractivity contribution is 5.91. The van der Waals surface area contributed by atoms with Crippen molar-refractivity contribution in [3.8, 4) is 11.4 Å². The number of hydrogen-bond donors (Lipinski definition) is 3. The molecule has 0 saturated carbocycles. The number of fused-ring (bicyclic) bond motifs is 1. The van der Waals surface area contributed by atoms with Gasteiger partial charge in [0.2, 0.25) is 0 Å². The molecule has 0 bridgehead atoms. The van der Waals surface area contributed by atoms with E-state index in [2.05, 4.69) is 42.9 Å². The van der Waals surface area contributed by atoms with Crippen LogP contribution < -0.4 is 5.73 Å². The van der Waals surface area contributed by atoms with E-state index in [1.807, 2.05) is 12.1 Å². The Kier molecular flexibility index (Phi) is 2.23. The lowest BCUT2D eigenvalue weighted by molar-refractivity contribution is 1.22. The van der Waals surface area contributed by atoms with Crippen molar-refractivity contribution < 1.29 is 0 Å². The van der Waals surface area contributed by atoms with E-state index < -0.39 is 0 Å². The highest BCUT2D eigenvalue weighted by Crippen LogP contribution is 2.29. The van der Waals surface area contributed by atoms with E-state index in [1.54, 1.807) is 0 Å². The van der Waals surface area contributed by atoms with E-state index in [4.69, 9.17) is 5.73 Å². The molecule has 3 aromatic rings. The molecule has 0 fully saturated rings. The average Bonchev–Trinajstić information content (AvgIpc) is 2.89. The van der Waals surface area contributed by atoms with Crippen LogP contribution in [0.15, 0.2) is 24.3 Å². The van der Waals surface area contributed by atoms with E-state index in [1.165, 1.54) is 16.6 Å². The van der Waals surface area contributed by atoms with Gasteiger partial charge in [0, 0.05) is 22.3 Å². The van der Waals surface area contributed by atoms with Gasteiger partial charge in [-0.2, -0.15) is 0 Å². The normalized spacial score (nSPS) is 11.3. The number of H-pyrrole nitrogens is 2. The zero-order valence-corrected chi connectivity index (χ0v) is 10.9. The third-order valence-electron chi connectivity index (χ3n) is 3.68. The quantitative estimate of drug-likeness (QED) is 0.557. The Morgan fingerprint density at radius 3 is 2.33 bits per heavy atom. The minimum atomic E-state index is 0.840. The number of rotatable bonds is 1. The highest BCUT2D eigenvalue weighted by atomic mass is 14.8. The van der Waals surface area contributed by atoms with Gasteiger partial charge in [-0.1, -0.05) is 0 Å². The SMILES string of the molecule is Cc1cc(-c2cc3c(C)c(N)ccc3[nH]2)[nH]c1C. The lowest BCUT2D eigenvalue weighted by Crippen LogP contribution is -1.88. The maximum Gasteiger partial charge on any atom is 0.0630 e. The molecule has 2 aromatic heterocycles. The van der Waals surface area contributed by atoms with Gasteiger partial charge in [-0.3, -0.25) is 0 Å². The molecule has 3 nitrogen and oxygen atoms in total. The van der Waals surface area contributed by atoms with Crippen molar-refractivity contribution in [3.63, 3.8) is 0 Å². The third-order valence-corrected chi connectivity index (χ3v) is 3.68. The van der Waals surface area contributed by atoms with Crippen LogP contribution in [0.1, 0.15) is 16.8 Å². The molecule has 2 heterocycles. The second-order valence-corrected chi connectivity index (χ2v) is 4.92. The topological polar surface area (TPSA) is 57.6 Å². The molecule has 0 aliphatic heterocycles. The van der Waals surface area contributed by atoms with E-state index in [-0.39, 0.29) is 0 Å². The summed E-state index contributed by atoms with van der Waals surface area (Å²) in [5.74, 6) is 0. The molecule has 3 rings (SSSR count). The summed E-state index contributed by atoms with van der Waals surface area (Å²) in [6, 6.07) is 8.30. The van der Waals surface area contributed by atoms with E-state index >= 15 is 0 Å². The van der Waals surface area contributed by atoms with Gasteiger partial charge in [0.05, 0.1) is 11.4 Å². The molecule has 0 aliphatic carbocycles. The van der Waals surface area contributed by atoms with Crippen molar-refractivity contribution in [2.75, 3.05) is 5.73 Å². The Bertz CT molecular complexity index is 712. The number of benzene rings is 1. The largest absolute Gasteiger partial charge is 0.398 e. The van der Waals surface area contributed by atoms with Crippen LogP contribution in [-0.2, 0) is 0 Å². The van der Waals surface area contributed by atoms with Gasteiger partial charge in [-0.15, -0.1) is 0 Å². The molecule has 1 aromatic carbocycles. The molecule has 0 unspecified atom stereocenters. The Morgan fingerprint density at radius 1 is 0.944 bits per heavy atom. The summed E-state index contributed by atoms with van der Waals surface area (Å²) in [6.07, 6.45) is 0. The van der Waals surface area contributed by atoms with Crippen LogP contribution in [0.25, 0.3) is 22.3 Å². The maximum atomic E-state index is 5.94. The zero-order chi connectivity index (χ0) is 12.9. The number of aromatic nitrogens is 2. The summed E-state index contributed by atoms with van der Waals surface area (Å²) in [6.45, 7) is 6.26. The maximum absolute atomic E-state index is 5.94. The molecule has 0 saturated heterocycles.